The molecule has 1 saturated carbocycles. The van der Waals surface area contributed by atoms with Crippen LogP contribution in [0.25, 0.3) is 0 Å². The Morgan fingerprint density at radius 3 is 2.38 bits per heavy atom. The van der Waals surface area contributed by atoms with Crippen molar-refractivity contribution >= 4 is 11.9 Å². The lowest BCUT2D eigenvalue weighted by molar-refractivity contribution is 0.0952. The molecule has 0 radical (unpaired) electrons. The molecule has 1 amide bonds. The fourth-order valence-corrected chi connectivity index (χ4v) is 3.37. The number of benzene rings is 1. The first-order valence-electron chi connectivity index (χ1n) is 9.72. The van der Waals surface area contributed by atoms with Gasteiger partial charge in [-0.05, 0) is 31.2 Å². The van der Waals surface area contributed by atoms with Crippen molar-refractivity contribution in [1.82, 2.24) is 15.3 Å². The van der Waals surface area contributed by atoms with Gasteiger partial charge in [-0.3, -0.25) is 4.79 Å². The number of carbonyl (C=O) groups excluding carboxylic acids is 1. The molecule has 0 saturated heterocycles. The average Bonchev–Trinajstić information content (AvgIpc) is 2.95. The molecule has 1 aromatic heterocycles. The van der Waals surface area contributed by atoms with Gasteiger partial charge in [0.05, 0.1) is 5.56 Å². The number of rotatable bonds is 7. The van der Waals surface area contributed by atoms with E-state index in [4.69, 9.17) is 0 Å². The summed E-state index contributed by atoms with van der Waals surface area (Å²) in [7, 11) is 0. The quantitative estimate of drug-likeness (QED) is 0.584. The van der Waals surface area contributed by atoms with Gasteiger partial charge in [0.15, 0.2) is 0 Å². The lowest BCUT2D eigenvalue weighted by Crippen LogP contribution is -2.25. The number of anilines is 1. The second-order valence-electron chi connectivity index (χ2n) is 6.97. The number of aromatic nitrogens is 2. The minimum atomic E-state index is -0.112. The van der Waals surface area contributed by atoms with E-state index in [1.54, 1.807) is 12.4 Å². The smallest absolute Gasteiger partial charge is 0.254 e. The van der Waals surface area contributed by atoms with Gasteiger partial charge in [-0.25, -0.2) is 9.97 Å². The first-order valence-corrected chi connectivity index (χ1v) is 9.72. The summed E-state index contributed by atoms with van der Waals surface area (Å²) in [5.74, 6) is 0.511. The lowest BCUT2D eigenvalue weighted by atomic mass is 10.1. The minimum absolute atomic E-state index is 0.112. The SMILES string of the molecule is O=C(NCCCc1ccccc1)c1cnc(NC2CCCCCC2)nc1. The summed E-state index contributed by atoms with van der Waals surface area (Å²) in [5, 5.41) is 6.34. The zero-order valence-electron chi connectivity index (χ0n) is 15.3. The molecule has 138 valence electrons. The summed E-state index contributed by atoms with van der Waals surface area (Å²) in [6.45, 7) is 0.649. The van der Waals surface area contributed by atoms with Crippen molar-refractivity contribution in [2.45, 2.75) is 57.4 Å². The maximum absolute atomic E-state index is 12.2. The molecule has 0 atom stereocenters. The largest absolute Gasteiger partial charge is 0.352 e. The molecular formula is C21H28N4O. The van der Waals surface area contributed by atoms with E-state index in [1.165, 1.54) is 44.1 Å². The highest BCUT2D eigenvalue weighted by Crippen LogP contribution is 2.19. The molecule has 3 rings (SSSR count). The van der Waals surface area contributed by atoms with Crippen LogP contribution in [0, 0.1) is 0 Å². The lowest BCUT2D eigenvalue weighted by Gasteiger charge is -2.15. The first-order chi connectivity index (χ1) is 12.8. The average molecular weight is 352 g/mol. The predicted molar refractivity (Wildman–Crippen MR) is 104 cm³/mol. The molecule has 0 bridgehead atoms. The number of hydrogen-bond donors (Lipinski definition) is 2. The molecule has 1 aliphatic carbocycles. The van der Waals surface area contributed by atoms with Crippen LogP contribution in [0.1, 0.15) is 60.9 Å². The second kappa shape index (κ2) is 9.90. The number of carbonyl (C=O) groups is 1. The van der Waals surface area contributed by atoms with Gasteiger partial charge >= 0.3 is 0 Å². The summed E-state index contributed by atoms with van der Waals surface area (Å²) in [5.41, 5.74) is 1.80. The normalized spacial score (nSPS) is 15.2. The Labute approximate surface area is 155 Å². The number of amides is 1. The Balaban J connectivity index is 1.41. The molecular weight excluding hydrogens is 324 g/mol. The van der Waals surface area contributed by atoms with Crippen LogP contribution in [-0.2, 0) is 6.42 Å². The summed E-state index contributed by atoms with van der Waals surface area (Å²) in [6.07, 6.45) is 12.6. The zero-order chi connectivity index (χ0) is 18.0. The van der Waals surface area contributed by atoms with Crippen LogP contribution in [0.4, 0.5) is 5.95 Å². The van der Waals surface area contributed by atoms with Crippen molar-refractivity contribution in [3.05, 3.63) is 53.9 Å². The molecule has 0 unspecified atom stereocenters. The van der Waals surface area contributed by atoms with Crippen LogP contribution in [-0.4, -0.2) is 28.5 Å². The van der Waals surface area contributed by atoms with Crippen molar-refractivity contribution in [1.29, 1.82) is 0 Å². The topological polar surface area (TPSA) is 66.9 Å². The van der Waals surface area contributed by atoms with E-state index < -0.39 is 0 Å². The molecule has 0 aliphatic heterocycles. The van der Waals surface area contributed by atoms with E-state index >= 15 is 0 Å². The fourth-order valence-electron chi connectivity index (χ4n) is 3.37. The van der Waals surface area contributed by atoms with Gasteiger partial charge in [0.2, 0.25) is 5.95 Å². The van der Waals surface area contributed by atoms with Crippen molar-refractivity contribution in [2.24, 2.45) is 0 Å². The summed E-state index contributed by atoms with van der Waals surface area (Å²) in [4.78, 5) is 20.8. The second-order valence-corrected chi connectivity index (χ2v) is 6.97. The van der Waals surface area contributed by atoms with Gasteiger partial charge in [0.25, 0.3) is 5.91 Å². The van der Waals surface area contributed by atoms with Crippen LogP contribution in [0.2, 0.25) is 0 Å². The number of nitrogens with one attached hydrogen (secondary N) is 2. The fraction of sp³-hybridized carbons (Fsp3) is 0.476. The maximum atomic E-state index is 12.2. The molecule has 1 aliphatic rings. The van der Waals surface area contributed by atoms with E-state index in [2.05, 4.69) is 32.7 Å². The molecule has 2 aromatic rings. The zero-order valence-corrected chi connectivity index (χ0v) is 15.3. The third-order valence-corrected chi connectivity index (χ3v) is 4.87. The van der Waals surface area contributed by atoms with Crippen molar-refractivity contribution in [3.63, 3.8) is 0 Å². The number of nitrogens with zero attached hydrogens (tertiary/aromatic N) is 2. The molecule has 1 heterocycles. The van der Waals surface area contributed by atoms with Gasteiger partial charge in [-0.2, -0.15) is 0 Å². The van der Waals surface area contributed by atoms with Crippen molar-refractivity contribution in [2.75, 3.05) is 11.9 Å². The molecule has 1 fully saturated rings. The molecule has 1 aromatic carbocycles. The Morgan fingerprint density at radius 2 is 1.69 bits per heavy atom. The monoisotopic (exact) mass is 352 g/mol. The third kappa shape index (κ3) is 5.83. The van der Waals surface area contributed by atoms with Gasteiger partial charge < -0.3 is 10.6 Å². The highest BCUT2D eigenvalue weighted by atomic mass is 16.1. The number of hydrogen-bond acceptors (Lipinski definition) is 4. The Kier molecular flexibility index (Phi) is 6.99. The van der Waals surface area contributed by atoms with Crippen LogP contribution in [0.5, 0.6) is 0 Å². The highest BCUT2D eigenvalue weighted by Gasteiger charge is 2.13. The minimum Gasteiger partial charge on any atom is -0.352 e. The van der Waals surface area contributed by atoms with E-state index in [9.17, 15) is 4.79 Å². The summed E-state index contributed by atoms with van der Waals surface area (Å²) in [6, 6.07) is 10.8. The Bertz CT molecular complexity index is 664. The first kappa shape index (κ1) is 18.4. The van der Waals surface area contributed by atoms with E-state index in [1.807, 2.05) is 18.2 Å². The van der Waals surface area contributed by atoms with E-state index in [0.29, 0.717) is 24.1 Å². The summed E-state index contributed by atoms with van der Waals surface area (Å²) < 4.78 is 0. The molecule has 0 spiro atoms. The van der Waals surface area contributed by atoms with E-state index in [0.717, 1.165) is 12.8 Å². The van der Waals surface area contributed by atoms with Crippen molar-refractivity contribution < 1.29 is 4.79 Å². The van der Waals surface area contributed by atoms with Crippen LogP contribution in [0.15, 0.2) is 42.7 Å². The van der Waals surface area contributed by atoms with Crippen LogP contribution >= 0.6 is 0 Å². The molecule has 26 heavy (non-hydrogen) atoms. The van der Waals surface area contributed by atoms with Crippen molar-refractivity contribution in [3.8, 4) is 0 Å². The van der Waals surface area contributed by atoms with E-state index in [-0.39, 0.29) is 5.91 Å². The van der Waals surface area contributed by atoms with Gasteiger partial charge in [0, 0.05) is 25.0 Å². The summed E-state index contributed by atoms with van der Waals surface area (Å²) >= 11 is 0. The maximum Gasteiger partial charge on any atom is 0.254 e. The van der Waals surface area contributed by atoms with Gasteiger partial charge in [-0.15, -0.1) is 0 Å². The predicted octanol–water partition coefficient (Wildman–Crippen LogP) is 3.97. The van der Waals surface area contributed by atoms with Crippen LogP contribution in [0.3, 0.4) is 0 Å². The Morgan fingerprint density at radius 1 is 1.00 bits per heavy atom. The standard InChI is InChI=1S/C21H28N4O/c26-20(22-14-8-11-17-9-4-3-5-10-17)18-15-23-21(24-16-18)25-19-12-6-1-2-7-13-19/h3-5,9-10,15-16,19H,1-2,6-8,11-14H2,(H,22,26)(H,23,24,25). The van der Waals surface area contributed by atoms with Gasteiger partial charge in [0.1, 0.15) is 0 Å². The number of aryl methyl sites for hydroxylation is 1. The van der Waals surface area contributed by atoms with Gasteiger partial charge in [-0.1, -0.05) is 56.0 Å². The Hall–Kier alpha value is -2.43. The highest BCUT2D eigenvalue weighted by molar-refractivity contribution is 5.93. The molecule has 5 nitrogen and oxygen atoms in total. The molecule has 2 N–H and O–H groups in total. The molecule has 5 heteroatoms. The van der Waals surface area contributed by atoms with Crippen LogP contribution < -0.4 is 10.6 Å². The third-order valence-electron chi connectivity index (χ3n) is 4.87.